The molecule has 0 aliphatic rings. The van der Waals surface area contributed by atoms with Crippen LogP contribution in [-0.2, 0) is 17.8 Å². The first kappa shape index (κ1) is 14.5. The van der Waals surface area contributed by atoms with E-state index in [2.05, 4.69) is 30.1 Å². The molecular formula is C11H17N5OS. The second-order valence-corrected chi connectivity index (χ2v) is 5.26. The summed E-state index contributed by atoms with van der Waals surface area (Å²) in [4.78, 5) is 10.8. The number of carbonyl (C=O) groups is 1. The van der Waals surface area contributed by atoms with Crippen molar-refractivity contribution >= 4 is 17.7 Å². The van der Waals surface area contributed by atoms with E-state index in [0.717, 1.165) is 17.5 Å². The standard InChI is InChI=1S/C11H17N5OS/c1-8(2)7-16-10(4-3-9(13)17)14-15-11(16)18-6-5-12/h8H,3-4,6-7H2,1-2H3,(H2,13,17). The van der Waals surface area contributed by atoms with Gasteiger partial charge in [0, 0.05) is 19.4 Å². The first-order chi connectivity index (χ1) is 8.54. The zero-order valence-corrected chi connectivity index (χ0v) is 11.4. The molecule has 98 valence electrons. The fourth-order valence-electron chi connectivity index (χ4n) is 1.49. The van der Waals surface area contributed by atoms with Crippen molar-refractivity contribution in [3.05, 3.63) is 5.82 Å². The van der Waals surface area contributed by atoms with Crippen LogP contribution in [-0.4, -0.2) is 26.4 Å². The van der Waals surface area contributed by atoms with Crippen molar-refractivity contribution in [2.45, 2.75) is 38.4 Å². The van der Waals surface area contributed by atoms with E-state index in [1.165, 1.54) is 11.8 Å². The van der Waals surface area contributed by atoms with E-state index in [-0.39, 0.29) is 12.3 Å². The fraction of sp³-hybridized carbons (Fsp3) is 0.636. The van der Waals surface area contributed by atoms with Crippen molar-refractivity contribution in [3.63, 3.8) is 0 Å². The minimum absolute atomic E-state index is 0.263. The first-order valence-corrected chi connectivity index (χ1v) is 6.73. The van der Waals surface area contributed by atoms with Crippen molar-refractivity contribution in [2.75, 3.05) is 5.75 Å². The Morgan fingerprint density at radius 2 is 2.28 bits per heavy atom. The number of aryl methyl sites for hydroxylation is 1. The highest BCUT2D eigenvalue weighted by molar-refractivity contribution is 7.99. The van der Waals surface area contributed by atoms with Gasteiger partial charge in [-0.05, 0) is 5.92 Å². The number of aromatic nitrogens is 3. The summed E-state index contributed by atoms with van der Waals surface area (Å²) >= 11 is 1.36. The molecule has 0 atom stereocenters. The molecule has 6 nitrogen and oxygen atoms in total. The number of hydrogen-bond acceptors (Lipinski definition) is 5. The molecule has 1 amide bonds. The van der Waals surface area contributed by atoms with E-state index in [9.17, 15) is 4.79 Å². The molecule has 0 spiro atoms. The number of nitrogens with zero attached hydrogens (tertiary/aromatic N) is 4. The van der Waals surface area contributed by atoms with Crippen molar-refractivity contribution in [1.82, 2.24) is 14.8 Å². The van der Waals surface area contributed by atoms with Gasteiger partial charge in [-0.1, -0.05) is 25.6 Å². The Balaban J connectivity index is 2.84. The molecule has 1 heterocycles. The third kappa shape index (κ3) is 4.37. The van der Waals surface area contributed by atoms with Crippen LogP contribution in [0.4, 0.5) is 0 Å². The topological polar surface area (TPSA) is 97.6 Å². The number of carbonyl (C=O) groups excluding carboxylic acids is 1. The molecule has 1 aromatic heterocycles. The minimum atomic E-state index is -0.347. The third-order valence-corrected chi connectivity index (χ3v) is 3.04. The maximum atomic E-state index is 10.8. The quantitative estimate of drug-likeness (QED) is 0.742. The predicted octanol–water partition coefficient (Wildman–Crippen LogP) is 0.968. The second-order valence-electron chi connectivity index (χ2n) is 4.32. The van der Waals surface area contributed by atoms with Gasteiger partial charge in [0.25, 0.3) is 0 Å². The second kappa shape index (κ2) is 7.01. The number of thioether (sulfide) groups is 1. The molecule has 0 bridgehead atoms. The average Bonchev–Trinajstić information content (AvgIpc) is 2.65. The van der Waals surface area contributed by atoms with Gasteiger partial charge in [-0.3, -0.25) is 4.79 Å². The molecule has 0 aromatic carbocycles. The molecule has 0 saturated heterocycles. The molecule has 0 aliphatic carbocycles. The van der Waals surface area contributed by atoms with Gasteiger partial charge in [0.15, 0.2) is 5.16 Å². The third-order valence-electron chi connectivity index (χ3n) is 2.20. The van der Waals surface area contributed by atoms with Crippen molar-refractivity contribution < 1.29 is 4.79 Å². The summed E-state index contributed by atoms with van der Waals surface area (Å²) in [6.45, 7) is 4.96. The van der Waals surface area contributed by atoms with Crippen LogP contribution in [0.2, 0.25) is 0 Å². The van der Waals surface area contributed by atoms with Crippen LogP contribution in [0.15, 0.2) is 5.16 Å². The summed E-state index contributed by atoms with van der Waals surface area (Å²) in [5.41, 5.74) is 5.13. The van der Waals surface area contributed by atoms with Gasteiger partial charge in [0.05, 0.1) is 11.8 Å². The van der Waals surface area contributed by atoms with E-state index in [1.54, 1.807) is 0 Å². The molecule has 0 unspecified atom stereocenters. The lowest BCUT2D eigenvalue weighted by molar-refractivity contribution is -0.118. The number of primary amides is 1. The lowest BCUT2D eigenvalue weighted by Gasteiger charge is -2.11. The Labute approximate surface area is 111 Å². The maximum absolute atomic E-state index is 10.8. The molecule has 0 fully saturated rings. The van der Waals surface area contributed by atoms with Crippen LogP contribution >= 0.6 is 11.8 Å². The van der Waals surface area contributed by atoms with Crippen LogP contribution in [0.5, 0.6) is 0 Å². The Kier molecular flexibility index (Phi) is 5.65. The Hall–Kier alpha value is -1.55. The highest BCUT2D eigenvalue weighted by Crippen LogP contribution is 2.18. The molecule has 0 saturated carbocycles. The zero-order valence-electron chi connectivity index (χ0n) is 10.6. The summed E-state index contributed by atoms with van der Waals surface area (Å²) in [5.74, 6) is 1.18. The van der Waals surface area contributed by atoms with Gasteiger partial charge < -0.3 is 10.3 Å². The molecule has 18 heavy (non-hydrogen) atoms. The maximum Gasteiger partial charge on any atom is 0.217 e. The summed E-state index contributed by atoms with van der Waals surface area (Å²) in [7, 11) is 0. The van der Waals surface area contributed by atoms with Crippen LogP contribution < -0.4 is 5.73 Å². The Morgan fingerprint density at radius 3 is 2.83 bits per heavy atom. The highest BCUT2D eigenvalue weighted by atomic mass is 32.2. The molecule has 0 aliphatic heterocycles. The summed E-state index contributed by atoms with van der Waals surface area (Å²) in [5, 5.41) is 17.4. The zero-order chi connectivity index (χ0) is 13.5. The molecule has 1 rings (SSSR count). The SMILES string of the molecule is CC(C)Cn1c(CCC(N)=O)nnc1SCC#N. The number of nitrogens with two attached hydrogens (primary N) is 1. The minimum Gasteiger partial charge on any atom is -0.370 e. The normalized spacial score (nSPS) is 10.6. The number of nitriles is 1. The van der Waals surface area contributed by atoms with E-state index >= 15 is 0 Å². The summed E-state index contributed by atoms with van der Waals surface area (Å²) < 4.78 is 1.97. The van der Waals surface area contributed by atoms with Gasteiger partial charge in [0.1, 0.15) is 5.82 Å². The number of hydrogen-bond donors (Lipinski definition) is 1. The summed E-state index contributed by atoms with van der Waals surface area (Å²) in [6.07, 6.45) is 0.751. The van der Waals surface area contributed by atoms with E-state index in [1.807, 2.05) is 4.57 Å². The molecular weight excluding hydrogens is 250 g/mol. The highest BCUT2D eigenvalue weighted by Gasteiger charge is 2.14. The molecule has 7 heteroatoms. The monoisotopic (exact) mass is 267 g/mol. The largest absolute Gasteiger partial charge is 0.370 e. The van der Waals surface area contributed by atoms with Crippen LogP contribution in [0.25, 0.3) is 0 Å². The van der Waals surface area contributed by atoms with Crippen LogP contribution in [0.1, 0.15) is 26.1 Å². The number of amides is 1. The predicted molar refractivity (Wildman–Crippen MR) is 68.7 cm³/mol. The van der Waals surface area contributed by atoms with E-state index in [0.29, 0.717) is 18.1 Å². The van der Waals surface area contributed by atoms with Gasteiger partial charge in [-0.25, -0.2) is 0 Å². The van der Waals surface area contributed by atoms with Gasteiger partial charge in [-0.2, -0.15) is 5.26 Å². The smallest absolute Gasteiger partial charge is 0.217 e. The number of rotatable bonds is 7. The van der Waals surface area contributed by atoms with Gasteiger partial charge >= 0.3 is 0 Å². The Bertz CT molecular complexity index is 449. The Morgan fingerprint density at radius 1 is 1.56 bits per heavy atom. The molecule has 1 aromatic rings. The van der Waals surface area contributed by atoms with Gasteiger partial charge in [0.2, 0.25) is 5.91 Å². The van der Waals surface area contributed by atoms with Crippen molar-refractivity contribution in [3.8, 4) is 6.07 Å². The van der Waals surface area contributed by atoms with Crippen molar-refractivity contribution in [1.29, 1.82) is 5.26 Å². The van der Waals surface area contributed by atoms with Gasteiger partial charge in [-0.15, -0.1) is 10.2 Å². The fourth-order valence-corrected chi connectivity index (χ4v) is 2.12. The average molecular weight is 267 g/mol. The van der Waals surface area contributed by atoms with Crippen LogP contribution in [0, 0.1) is 17.2 Å². The van der Waals surface area contributed by atoms with Crippen LogP contribution in [0.3, 0.4) is 0 Å². The van der Waals surface area contributed by atoms with E-state index < -0.39 is 0 Å². The molecule has 2 N–H and O–H groups in total. The first-order valence-electron chi connectivity index (χ1n) is 5.74. The summed E-state index contributed by atoms with van der Waals surface area (Å²) in [6, 6.07) is 2.06. The molecule has 0 radical (unpaired) electrons. The lowest BCUT2D eigenvalue weighted by atomic mass is 10.2. The lowest BCUT2D eigenvalue weighted by Crippen LogP contribution is -2.15. The van der Waals surface area contributed by atoms with E-state index in [4.69, 9.17) is 11.0 Å². The van der Waals surface area contributed by atoms with Crippen molar-refractivity contribution in [2.24, 2.45) is 11.7 Å².